The SMILES string of the molecule is N#Cc1cccnc1N1CCN([C@H](C(=O)O)c2c[nH]c3ccc(Cl)cc23)CC1. The molecule has 3 aromatic rings. The number of carboxylic acid groups (broad SMARTS) is 1. The van der Waals surface area contributed by atoms with Crippen LogP contribution in [0.2, 0.25) is 5.02 Å². The average Bonchev–Trinajstić information content (AvgIpc) is 3.11. The van der Waals surface area contributed by atoms with Crippen molar-refractivity contribution in [1.82, 2.24) is 14.9 Å². The molecule has 7 nitrogen and oxygen atoms in total. The lowest BCUT2D eigenvalue weighted by Crippen LogP contribution is -2.49. The summed E-state index contributed by atoms with van der Waals surface area (Å²) in [6, 6.07) is 10.3. The number of halogens is 1. The van der Waals surface area contributed by atoms with E-state index in [0.29, 0.717) is 48.1 Å². The summed E-state index contributed by atoms with van der Waals surface area (Å²) in [5.74, 6) is -0.250. The van der Waals surface area contributed by atoms with E-state index >= 15 is 0 Å². The van der Waals surface area contributed by atoms with Gasteiger partial charge in [-0.25, -0.2) is 4.98 Å². The monoisotopic (exact) mass is 395 g/mol. The number of aliphatic carboxylic acids is 1. The summed E-state index contributed by atoms with van der Waals surface area (Å²) in [7, 11) is 0. The van der Waals surface area contributed by atoms with Crippen molar-refractivity contribution in [3.63, 3.8) is 0 Å². The lowest BCUT2D eigenvalue weighted by atomic mass is 10.0. The van der Waals surface area contributed by atoms with E-state index in [1.54, 1.807) is 36.7 Å². The van der Waals surface area contributed by atoms with Gasteiger partial charge in [0.15, 0.2) is 0 Å². The second-order valence-electron chi connectivity index (χ2n) is 6.68. The average molecular weight is 396 g/mol. The van der Waals surface area contributed by atoms with Crippen molar-refractivity contribution in [1.29, 1.82) is 5.26 Å². The van der Waals surface area contributed by atoms with Crippen molar-refractivity contribution in [2.24, 2.45) is 0 Å². The van der Waals surface area contributed by atoms with Crippen molar-refractivity contribution in [3.05, 3.63) is 58.9 Å². The predicted octanol–water partition coefficient (Wildman–Crippen LogP) is 3.04. The normalized spacial score (nSPS) is 16.1. The maximum atomic E-state index is 12.1. The minimum absolute atomic E-state index is 0.525. The molecule has 3 heterocycles. The van der Waals surface area contributed by atoms with Crippen LogP contribution in [0.5, 0.6) is 0 Å². The van der Waals surface area contributed by atoms with Gasteiger partial charge in [0, 0.05) is 60.1 Å². The van der Waals surface area contributed by atoms with E-state index in [1.165, 1.54) is 0 Å². The van der Waals surface area contributed by atoms with Crippen LogP contribution in [-0.2, 0) is 4.79 Å². The highest BCUT2D eigenvalue weighted by molar-refractivity contribution is 6.31. The van der Waals surface area contributed by atoms with Gasteiger partial charge in [0.05, 0.1) is 5.56 Å². The summed E-state index contributed by atoms with van der Waals surface area (Å²) in [4.78, 5) is 23.6. The quantitative estimate of drug-likeness (QED) is 0.704. The molecule has 1 saturated heterocycles. The Hall–Kier alpha value is -3.08. The minimum atomic E-state index is -0.898. The number of nitriles is 1. The molecule has 1 aromatic carbocycles. The molecular weight excluding hydrogens is 378 g/mol. The van der Waals surface area contributed by atoms with E-state index in [-0.39, 0.29) is 0 Å². The summed E-state index contributed by atoms with van der Waals surface area (Å²) in [5, 5.41) is 20.6. The molecule has 0 bridgehead atoms. The Morgan fingerprint density at radius 2 is 2.07 bits per heavy atom. The number of carboxylic acids is 1. The van der Waals surface area contributed by atoms with Gasteiger partial charge in [-0.05, 0) is 30.3 Å². The van der Waals surface area contributed by atoms with Crippen molar-refractivity contribution in [3.8, 4) is 6.07 Å². The molecule has 0 spiro atoms. The van der Waals surface area contributed by atoms with Gasteiger partial charge in [-0.1, -0.05) is 11.6 Å². The number of nitrogens with zero attached hydrogens (tertiary/aromatic N) is 4. The van der Waals surface area contributed by atoms with Gasteiger partial charge >= 0.3 is 5.97 Å². The van der Waals surface area contributed by atoms with E-state index < -0.39 is 12.0 Å². The van der Waals surface area contributed by atoms with Crippen LogP contribution in [0, 0.1) is 11.3 Å². The highest BCUT2D eigenvalue weighted by Gasteiger charge is 2.32. The van der Waals surface area contributed by atoms with Crippen LogP contribution in [0.1, 0.15) is 17.2 Å². The molecule has 1 fully saturated rings. The number of aromatic nitrogens is 2. The molecule has 0 saturated carbocycles. The lowest BCUT2D eigenvalue weighted by Gasteiger charge is -2.38. The molecule has 8 heteroatoms. The Balaban J connectivity index is 1.58. The number of carbonyl (C=O) groups is 1. The number of rotatable bonds is 4. The first-order valence-corrected chi connectivity index (χ1v) is 9.29. The van der Waals surface area contributed by atoms with Crippen molar-refractivity contribution >= 4 is 34.3 Å². The number of aromatic amines is 1. The molecule has 0 amide bonds. The molecule has 1 atom stereocenters. The van der Waals surface area contributed by atoms with Gasteiger partial charge in [0.25, 0.3) is 0 Å². The number of anilines is 1. The molecule has 4 rings (SSSR count). The van der Waals surface area contributed by atoms with E-state index in [0.717, 1.165) is 10.9 Å². The number of piperazine rings is 1. The number of fused-ring (bicyclic) bond motifs is 1. The summed E-state index contributed by atoms with van der Waals surface area (Å²) in [6.45, 7) is 2.29. The van der Waals surface area contributed by atoms with Gasteiger partial charge in [-0.15, -0.1) is 0 Å². The second-order valence-corrected chi connectivity index (χ2v) is 7.12. The van der Waals surface area contributed by atoms with Crippen LogP contribution < -0.4 is 4.90 Å². The van der Waals surface area contributed by atoms with Crippen molar-refractivity contribution in [2.75, 3.05) is 31.1 Å². The molecule has 0 unspecified atom stereocenters. The fourth-order valence-corrected chi connectivity index (χ4v) is 3.93. The van der Waals surface area contributed by atoms with Gasteiger partial charge in [-0.3, -0.25) is 9.69 Å². The van der Waals surface area contributed by atoms with Gasteiger partial charge < -0.3 is 15.0 Å². The number of H-pyrrole nitrogens is 1. The minimum Gasteiger partial charge on any atom is -0.480 e. The fourth-order valence-electron chi connectivity index (χ4n) is 3.75. The smallest absolute Gasteiger partial charge is 0.325 e. The predicted molar refractivity (Wildman–Crippen MR) is 106 cm³/mol. The molecular formula is C20H18ClN5O2. The standard InChI is InChI=1S/C20H18ClN5O2/c21-14-3-4-17-15(10-14)16(12-24-17)18(20(27)28)25-6-8-26(9-7-25)19-13(11-22)2-1-5-23-19/h1-5,10,12,18,24H,6-9H2,(H,27,28)/t18-/m0/s1. The fraction of sp³-hybridized carbons (Fsp3) is 0.250. The molecule has 28 heavy (non-hydrogen) atoms. The highest BCUT2D eigenvalue weighted by atomic mass is 35.5. The molecule has 2 aromatic heterocycles. The Morgan fingerprint density at radius 1 is 1.29 bits per heavy atom. The third kappa shape index (κ3) is 3.28. The second kappa shape index (κ2) is 7.50. The van der Waals surface area contributed by atoms with E-state index in [9.17, 15) is 15.2 Å². The lowest BCUT2D eigenvalue weighted by molar-refractivity contribution is -0.143. The Morgan fingerprint density at radius 3 is 2.79 bits per heavy atom. The van der Waals surface area contributed by atoms with Crippen LogP contribution in [0.4, 0.5) is 5.82 Å². The number of benzene rings is 1. The van der Waals surface area contributed by atoms with Crippen molar-refractivity contribution in [2.45, 2.75) is 6.04 Å². The van der Waals surface area contributed by atoms with Crippen LogP contribution in [-0.4, -0.2) is 52.1 Å². The highest BCUT2D eigenvalue weighted by Crippen LogP contribution is 2.31. The first-order valence-electron chi connectivity index (χ1n) is 8.92. The zero-order valence-corrected chi connectivity index (χ0v) is 15.7. The molecule has 0 aliphatic carbocycles. The zero-order chi connectivity index (χ0) is 19.7. The number of hydrogen-bond acceptors (Lipinski definition) is 5. The number of pyridine rings is 1. The maximum absolute atomic E-state index is 12.1. The molecule has 1 aliphatic heterocycles. The van der Waals surface area contributed by atoms with E-state index in [2.05, 4.69) is 16.0 Å². The molecule has 142 valence electrons. The van der Waals surface area contributed by atoms with Crippen LogP contribution in [0.15, 0.2) is 42.7 Å². The van der Waals surface area contributed by atoms with Gasteiger partial charge in [0.1, 0.15) is 17.9 Å². The van der Waals surface area contributed by atoms with E-state index in [1.807, 2.05) is 15.9 Å². The van der Waals surface area contributed by atoms with Gasteiger partial charge in [-0.2, -0.15) is 5.26 Å². The largest absolute Gasteiger partial charge is 0.480 e. The topological polar surface area (TPSA) is 96.2 Å². The Labute approximate surface area is 166 Å². The molecule has 0 radical (unpaired) electrons. The summed E-state index contributed by atoms with van der Waals surface area (Å²) < 4.78 is 0. The first kappa shape index (κ1) is 18.3. The third-order valence-electron chi connectivity index (χ3n) is 5.09. The Kier molecular flexibility index (Phi) is 4.90. The number of nitrogens with one attached hydrogen (secondary N) is 1. The summed E-state index contributed by atoms with van der Waals surface area (Å²) >= 11 is 6.12. The Bertz CT molecular complexity index is 1070. The van der Waals surface area contributed by atoms with E-state index in [4.69, 9.17) is 11.6 Å². The van der Waals surface area contributed by atoms with Gasteiger partial charge in [0.2, 0.25) is 0 Å². The van der Waals surface area contributed by atoms with Crippen LogP contribution >= 0.6 is 11.6 Å². The maximum Gasteiger partial charge on any atom is 0.325 e. The van der Waals surface area contributed by atoms with Crippen molar-refractivity contribution < 1.29 is 9.90 Å². The molecule has 2 N–H and O–H groups in total. The number of hydrogen-bond donors (Lipinski definition) is 2. The van der Waals surface area contributed by atoms with Crippen LogP contribution in [0.3, 0.4) is 0 Å². The summed E-state index contributed by atoms with van der Waals surface area (Å²) in [6.07, 6.45) is 3.41. The molecule has 1 aliphatic rings. The van der Waals surface area contributed by atoms with Crippen LogP contribution in [0.25, 0.3) is 10.9 Å². The summed E-state index contributed by atoms with van der Waals surface area (Å²) in [5.41, 5.74) is 2.09. The third-order valence-corrected chi connectivity index (χ3v) is 5.33. The first-order chi connectivity index (χ1) is 13.6. The zero-order valence-electron chi connectivity index (χ0n) is 15.0.